The van der Waals surface area contributed by atoms with Gasteiger partial charge in [-0.1, -0.05) is 5.16 Å². The smallest absolute Gasteiger partial charge is 0.252 e. The summed E-state index contributed by atoms with van der Waals surface area (Å²) in [6, 6.07) is 3.14. The van der Waals surface area contributed by atoms with Crippen LogP contribution in [0.25, 0.3) is 0 Å². The number of anilines is 1. The topological polar surface area (TPSA) is 83.8 Å². The number of aryl methyl sites for hydroxylation is 1. The first-order valence-electron chi connectivity index (χ1n) is 4.45. The number of nitrogens with one attached hydrogen (secondary N) is 2. The fraction of sp³-hybridized carbons (Fsp3) is 0.222. The molecule has 0 spiro atoms. The van der Waals surface area contributed by atoms with Crippen molar-refractivity contribution in [2.24, 2.45) is 0 Å². The molecule has 0 aliphatic carbocycles. The lowest BCUT2D eigenvalue weighted by Gasteiger charge is -2.02. The monoisotopic (exact) mass is 206 g/mol. The summed E-state index contributed by atoms with van der Waals surface area (Å²) >= 11 is 0. The summed E-state index contributed by atoms with van der Waals surface area (Å²) in [7, 11) is 0. The zero-order valence-corrected chi connectivity index (χ0v) is 8.15. The first-order valence-corrected chi connectivity index (χ1v) is 4.45. The highest BCUT2D eigenvalue weighted by Crippen LogP contribution is 2.02. The normalized spacial score (nSPS) is 10.2. The maximum Gasteiger partial charge on any atom is 0.252 e. The summed E-state index contributed by atoms with van der Waals surface area (Å²) in [5.74, 6) is 1.78. The molecule has 15 heavy (non-hydrogen) atoms. The summed E-state index contributed by atoms with van der Waals surface area (Å²) in [6.45, 7) is 2.18. The molecule has 0 fully saturated rings. The van der Waals surface area contributed by atoms with Crippen LogP contribution in [0.4, 0.5) is 5.82 Å². The Morgan fingerprint density at radius 3 is 3.13 bits per heavy atom. The van der Waals surface area contributed by atoms with Gasteiger partial charge in [0, 0.05) is 12.1 Å². The van der Waals surface area contributed by atoms with Crippen LogP contribution in [0.15, 0.2) is 27.6 Å². The van der Waals surface area contributed by atoms with Gasteiger partial charge in [0.2, 0.25) is 0 Å². The zero-order valence-electron chi connectivity index (χ0n) is 8.15. The molecule has 2 heterocycles. The predicted octanol–water partition coefficient (Wildman–Crippen LogP) is 0.678. The molecule has 0 saturated carbocycles. The van der Waals surface area contributed by atoms with Crippen LogP contribution >= 0.6 is 0 Å². The van der Waals surface area contributed by atoms with E-state index in [0.717, 1.165) is 0 Å². The third-order valence-corrected chi connectivity index (χ3v) is 1.80. The Bertz CT molecular complexity index is 489. The maximum absolute atomic E-state index is 11.1. The van der Waals surface area contributed by atoms with Crippen molar-refractivity contribution in [1.82, 2.24) is 15.1 Å². The molecule has 0 saturated heterocycles. The van der Waals surface area contributed by atoms with Gasteiger partial charge in [-0.25, -0.2) is 4.98 Å². The van der Waals surface area contributed by atoms with Crippen LogP contribution in [0.3, 0.4) is 0 Å². The van der Waals surface area contributed by atoms with E-state index in [4.69, 9.17) is 4.52 Å². The molecule has 2 rings (SSSR count). The molecule has 2 aromatic heterocycles. The number of rotatable bonds is 3. The van der Waals surface area contributed by atoms with Gasteiger partial charge in [0.15, 0.2) is 5.76 Å². The molecule has 0 aromatic carbocycles. The Kier molecular flexibility index (Phi) is 2.49. The van der Waals surface area contributed by atoms with Crippen LogP contribution in [-0.2, 0) is 6.54 Å². The van der Waals surface area contributed by atoms with Gasteiger partial charge < -0.3 is 14.8 Å². The number of H-pyrrole nitrogens is 1. The molecule has 0 aliphatic heterocycles. The van der Waals surface area contributed by atoms with Crippen LogP contribution in [0.1, 0.15) is 11.6 Å². The second-order valence-corrected chi connectivity index (χ2v) is 3.05. The summed E-state index contributed by atoms with van der Waals surface area (Å²) in [4.78, 5) is 17.8. The van der Waals surface area contributed by atoms with Gasteiger partial charge in [-0.15, -0.1) is 0 Å². The molecule has 0 amide bonds. The van der Waals surface area contributed by atoms with E-state index in [2.05, 4.69) is 20.4 Å². The van der Waals surface area contributed by atoms with Crippen LogP contribution in [0, 0.1) is 6.92 Å². The lowest BCUT2D eigenvalue weighted by Crippen LogP contribution is -2.11. The van der Waals surface area contributed by atoms with Gasteiger partial charge >= 0.3 is 0 Å². The standard InChI is InChI=1S/C9H10N4O2/c1-6-12-8(4-9(14)13-6)10-5-7-2-3-11-15-7/h2-4H,5H2,1H3,(H2,10,12,13,14). The lowest BCUT2D eigenvalue weighted by molar-refractivity contribution is 0.388. The van der Waals surface area contributed by atoms with Crippen molar-refractivity contribution in [2.45, 2.75) is 13.5 Å². The van der Waals surface area contributed by atoms with Crippen molar-refractivity contribution in [3.63, 3.8) is 0 Å². The van der Waals surface area contributed by atoms with Crippen LogP contribution in [-0.4, -0.2) is 15.1 Å². The average Bonchev–Trinajstić information content (AvgIpc) is 2.65. The summed E-state index contributed by atoms with van der Waals surface area (Å²) < 4.78 is 4.89. The van der Waals surface area contributed by atoms with E-state index in [1.54, 1.807) is 19.2 Å². The highest BCUT2D eigenvalue weighted by molar-refractivity contribution is 5.33. The number of hydrogen-bond acceptors (Lipinski definition) is 5. The Labute approximate surface area is 85.3 Å². The largest absolute Gasteiger partial charge is 0.362 e. The van der Waals surface area contributed by atoms with Gasteiger partial charge in [0.05, 0.1) is 12.7 Å². The number of aromatic amines is 1. The molecule has 78 valence electrons. The second-order valence-electron chi connectivity index (χ2n) is 3.05. The number of nitrogens with zero attached hydrogens (tertiary/aromatic N) is 2. The van der Waals surface area contributed by atoms with Crippen molar-refractivity contribution >= 4 is 5.82 Å². The van der Waals surface area contributed by atoms with Crippen molar-refractivity contribution in [2.75, 3.05) is 5.32 Å². The molecular weight excluding hydrogens is 196 g/mol. The molecule has 0 radical (unpaired) electrons. The average molecular weight is 206 g/mol. The van der Waals surface area contributed by atoms with E-state index in [1.807, 2.05) is 0 Å². The van der Waals surface area contributed by atoms with Gasteiger partial charge in [-0.3, -0.25) is 4.79 Å². The molecule has 2 N–H and O–H groups in total. The van der Waals surface area contributed by atoms with E-state index >= 15 is 0 Å². The number of hydrogen-bond donors (Lipinski definition) is 2. The van der Waals surface area contributed by atoms with E-state index in [9.17, 15) is 4.79 Å². The second kappa shape index (κ2) is 3.95. The fourth-order valence-electron chi connectivity index (χ4n) is 1.18. The third-order valence-electron chi connectivity index (χ3n) is 1.80. The first-order chi connectivity index (χ1) is 7.24. The van der Waals surface area contributed by atoms with Crippen LogP contribution in [0.2, 0.25) is 0 Å². The molecule has 0 aliphatic rings. The van der Waals surface area contributed by atoms with Gasteiger partial charge in [-0.2, -0.15) is 0 Å². The van der Waals surface area contributed by atoms with Crippen molar-refractivity contribution < 1.29 is 4.52 Å². The fourth-order valence-corrected chi connectivity index (χ4v) is 1.18. The molecule has 0 unspecified atom stereocenters. The quantitative estimate of drug-likeness (QED) is 0.771. The molecular formula is C9H10N4O2. The van der Waals surface area contributed by atoms with Gasteiger partial charge in [0.25, 0.3) is 5.56 Å². The summed E-state index contributed by atoms with van der Waals surface area (Å²) in [6.07, 6.45) is 1.56. The Hall–Kier alpha value is -2.11. The molecule has 2 aromatic rings. The Morgan fingerprint density at radius 2 is 2.47 bits per heavy atom. The van der Waals surface area contributed by atoms with Crippen molar-refractivity contribution in [3.8, 4) is 0 Å². The minimum absolute atomic E-state index is 0.178. The third kappa shape index (κ3) is 2.43. The highest BCUT2D eigenvalue weighted by Gasteiger charge is 1.99. The zero-order chi connectivity index (χ0) is 10.7. The van der Waals surface area contributed by atoms with E-state index in [-0.39, 0.29) is 5.56 Å². The van der Waals surface area contributed by atoms with Crippen LogP contribution < -0.4 is 10.9 Å². The number of aromatic nitrogens is 3. The minimum atomic E-state index is -0.178. The predicted molar refractivity (Wildman–Crippen MR) is 53.4 cm³/mol. The SMILES string of the molecule is Cc1nc(NCc2ccno2)cc(=O)[nH]1. The lowest BCUT2D eigenvalue weighted by atomic mass is 10.4. The van der Waals surface area contributed by atoms with Gasteiger partial charge in [-0.05, 0) is 6.92 Å². The molecule has 6 heteroatoms. The highest BCUT2D eigenvalue weighted by atomic mass is 16.5. The van der Waals surface area contributed by atoms with E-state index in [1.165, 1.54) is 6.07 Å². The summed E-state index contributed by atoms with van der Waals surface area (Å²) in [5.41, 5.74) is -0.178. The minimum Gasteiger partial charge on any atom is -0.362 e. The summed E-state index contributed by atoms with van der Waals surface area (Å²) in [5, 5.41) is 6.53. The molecule has 0 atom stereocenters. The van der Waals surface area contributed by atoms with E-state index in [0.29, 0.717) is 23.9 Å². The molecule has 0 bridgehead atoms. The van der Waals surface area contributed by atoms with Crippen LogP contribution in [0.5, 0.6) is 0 Å². The van der Waals surface area contributed by atoms with Crippen molar-refractivity contribution in [3.05, 3.63) is 40.3 Å². The maximum atomic E-state index is 11.1. The Balaban J connectivity index is 2.08. The Morgan fingerprint density at radius 1 is 1.60 bits per heavy atom. The molecule has 6 nitrogen and oxygen atoms in total. The van der Waals surface area contributed by atoms with E-state index < -0.39 is 0 Å². The first kappa shape index (κ1) is 9.45. The van der Waals surface area contributed by atoms with Gasteiger partial charge in [0.1, 0.15) is 11.6 Å². The van der Waals surface area contributed by atoms with Crippen molar-refractivity contribution in [1.29, 1.82) is 0 Å².